The van der Waals surface area contributed by atoms with Crippen molar-refractivity contribution in [2.45, 2.75) is 49.3 Å². The summed E-state index contributed by atoms with van der Waals surface area (Å²) in [6.45, 7) is 4.74. The number of rotatable bonds is 7. The number of nitro groups is 1. The smallest absolute Gasteiger partial charge is 0.288 e. The van der Waals surface area contributed by atoms with Gasteiger partial charge in [-0.3, -0.25) is 10.1 Å². The normalized spacial score (nSPS) is 10.7. The van der Waals surface area contributed by atoms with Crippen molar-refractivity contribution in [3.63, 3.8) is 0 Å². The molecule has 0 aliphatic rings. The van der Waals surface area contributed by atoms with Gasteiger partial charge in [0, 0.05) is 6.07 Å². The van der Waals surface area contributed by atoms with E-state index in [1.807, 2.05) is 0 Å². The Kier molecular flexibility index (Phi) is 8.95. The second-order valence-corrected chi connectivity index (χ2v) is 7.81. The lowest BCUT2D eigenvalue weighted by atomic mass is 10.2. The molecular formula is C19H26N2O4S. The Morgan fingerprint density at radius 3 is 2.23 bits per heavy atom. The average molecular weight is 378 g/mol. The van der Waals surface area contributed by atoms with Gasteiger partial charge in [0.2, 0.25) is 9.84 Å². The maximum atomic E-state index is 12.4. The van der Waals surface area contributed by atoms with E-state index in [1.54, 1.807) is 31.2 Å². The molecule has 0 saturated carbocycles. The monoisotopic (exact) mass is 378 g/mol. The van der Waals surface area contributed by atoms with Crippen LogP contribution in [0.5, 0.6) is 0 Å². The van der Waals surface area contributed by atoms with E-state index in [0.717, 1.165) is 6.54 Å². The fourth-order valence-corrected chi connectivity index (χ4v) is 3.72. The second-order valence-electron chi connectivity index (χ2n) is 5.89. The van der Waals surface area contributed by atoms with Crippen molar-refractivity contribution < 1.29 is 13.3 Å². The van der Waals surface area contributed by atoms with Gasteiger partial charge in [0.05, 0.1) is 9.82 Å². The van der Waals surface area contributed by atoms with Crippen molar-refractivity contribution in [3.05, 3.63) is 64.2 Å². The molecule has 2 aromatic rings. The Hall–Kier alpha value is -2.25. The molecule has 0 unspecified atom stereocenters. The molecule has 142 valence electrons. The van der Waals surface area contributed by atoms with Crippen LogP contribution >= 0.6 is 0 Å². The summed E-state index contributed by atoms with van der Waals surface area (Å²) < 4.78 is 24.7. The third-order valence-corrected chi connectivity index (χ3v) is 5.53. The molecule has 0 fully saturated rings. The molecule has 2 N–H and O–H groups in total. The van der Waals surface area contributed by atoms with Crippen LogP contribution in [0.4, 0.5) is 5.69 Å². The summed E-state index contributed by atoms with van der Waals surface area (Å²) in [5.41, 5.74) is 5.51. The first kappa shape index (κ1) is 21.8. The molecule has 7 heteroatoms. The zero-order chi connectivity index (χ0) is 19.6. The zero-order valence-corrected chi connectivity index (χ0v) is 16.0. The van der Waals surface area contributed by atoms with Crippen LogP contribution in [0.2, 0.25) is 0 Å². The van der Waals surface area contributed by atoms with Crippen molar-refractivity contribution in [3.8, 4) is 0 Å². The van der Waals surface area contributed by atoms with Crippen molar-refractivity contribution in [2.24, 2.45) is 5.73 Å². The van der Waals surface area contributed by atoms with Gasteiger partial charge in [0.1, 0.15) is 4.90 Å². The lowest BCUT2D eigenvalue weighted by Gasteiger charge is -2.06. The van der Waals surface area contributed by atoms with E-state index >= 15 is 0 Å². The fourth-order valence-electron chi connectivity index (χ4n) is 2.30. The van der Waals surface area contributed by atoms with E-state index < -0.39 is 20.4 Å². The molecule has 0 spiro atoms. The minimum atomic E-state index is -3.87. The minimum absolute atomic E-state index is 0.0435. The largest absolute Gasteiger partial charge is 0.330 e. The quantitative estimate of drug-likeness (QED) is 0.440. The highest BCUT2D eigenvalue weighted by atomic mass is 32.2. The average Bonchev–Trinajstić information content (AvgIpc) is 2.63. The molecule has 0 saturated heterocycles. The number of hydrogen-bond acceptors (Lipinski definition) is 5. The maximum Gasteiger partial charge on any atom is 0.288 e. The molecule has 0 amide bonds. The number of nitrogens with two attached hydrogens (primary N) is 1. The van der Waals surface area contributed by atoms with Crippen molar-refractivity contribution in [1.29, 1.82) is 0 Å². The first-order chi connectivity index (χ1) is 12.3. The molecule has 6 nitrogen and oxygen atoms in total. The number of unbranched alkanes of at least 4 members (excludes halogenated alkanes) is 3. The Labute approximate surface area is 155 Å². The molecule has 0 aliphatic carbocycles. The number of nitro benzene ring substituents is 1. The van der Waals surface area contributed by atoms with Crippen molar-refractivity contribution in [2.75, 3.05) is 6.54 Å². The molecule has 26 heavy (non-hydrogen) atoms. The van der Waals surface area contributed by atoms with E-state index in [0.29, 0.717) is 5.56 Å². The number of sulfone groups is 1. The first-order valence-electron chi connectivity index (χ1n) is 8.59. The maximum absolute atomic E-state index is 12.4. The predicted molar refractivity (Wildman–Crippen MR) is 103 cm³/mol. The molecule has 0 aromatic heterocycles. The van der Waals surface area contributed by atoms with Crippen LogP contribution in [-0.2, 0) is 9.84 Å². The number of benzene rings is 2. The Bertz CT molecular complexity index is 802. The van der Waals surface area contributed by atoms with Gasteiger partial charge in [-0.2, -0.15) is 0 Å². The van der Waals surface area contributed by atoms with Gasteiger partial charge in [-0.15, -0.1) is 0 Å². The van der Waals surface area contributed by atoms with E-state index in [1.165, 1.54) is 49.9 Å². The lowest BCUT2D eigenvalue weighted by Crippen LogP contribution is -2.05. The fraction of sp³-hybridized carbons (Fsp3) is 0.368. The second kappa shape index (κ2) is 10.7. The SMILES string of the molecule is CCCCCCN.Cc1ccc(S(=O)(=O)c2ccccc2)c([N+](=O)[O-])c1. The summed E-state index contributed by atoms with van der Waals surface area (Å²) in [5, 5.41) is 11.0. The summed E-state index contributed by atoms with van der Waals surface area (Å²) in [5.74, 6) is 0. The van der Waals surface area contributed by atoms with Crippen LogP contribution in [0, 0.1) is 17.0 Å². The highest BCUT2D eigenvalue weighted by Crippen LogP contribution is 2.29. The predicted octanol–water partition coefficient (Wildman–Crippen LogP) is 4.26. The summed E-state index contributed by atoms with van der Waals surface area (Å²) in [7, 11) is -3.87. The standard InChI is InChI=1S/C13H11NO4S.C6H15N/c1-10-7-8-13(12(9-10)14(15)16)19(17,18)11-5-3-2-4-6-11;1-2-3-4-5-6-7/h2-9H,1H3;2-7H2,1H3. The number of nitrogens with zero attached hydrogens (tertiary/aromatic N) is 1. The molecule has 2 rings (SSSR count). The van der Waals surface area contributed by atoms with E-state index in [-0.39, 0.29) is 9.79 Å². The molecular weight excluding hydrogens is 352 g/mol. The van der Waals surface area contributed by atoms with Crippen molar-refractivity contribution in [1.82, 2.24) is 0 Å². The van der Waals surface area contributed by atoms with E-state index in [4.69, 9.17) is 5.73 Å². The number of aryl methyl sites for hydroxylation is 1. The van der Waals surface area contributed by atoms with Crippen LogP contribution in [-0.4, -0.2) is 19.9 Å². The van der Waals surface area contributed by atoms with Crippen LogP contribution in [0.15, 0.2) is 58.3 Å². The van der Waals surface area contributed by atoms with Gasteiger partial charge in [0.25, 0.3) is 5.69 Å². The van der Waals surface area contributed by atoms with Crippen LogP contribution < -0.4 is 5.73 Å². The van der Waals surface area contributed by atoms with Crippen LogP contribution in [0.3, 0.4) is 0 Å². The molecule has 0 radical (unpaired) electrons. The third kappa shape index (κ3) is 6.24. The van der Waals surface area contributed by atoms with Gasteiger partial charge in [-0.25, -0.2) is 8.42 Å². The van der Waals surface area contributed by atoms with Gasteiger partial charge < -0.3 is 5.73 Å². The van der Waals surface area contributed by atoms with Crippen LogP contribution in [0.25, 0.3) is 0 Å². The third-order valence-electron chi connectivity index (χ3n) is 3.71. The summed E-state index contributed by atoms with van der Waals surface area (Å²) in [6.07, 6.45) is 5.16. The molecule has 0 bridgehead atoms. The van der Waals surface area contributed by atoms with Gasteiger partial charge in [-0.1, -0.05) is 50.5 Å². The summed E-state index contributed by atoms with van der Waals surface area (Å²) >= 11 is 0. The summed E-state index contributed by atoms with van der Waals surface area (Å²) in [6, 6.07) is 11.7. The Morgan fingerprint density at radius 2 is 1.69 bits per heavy atom. The molecule has 2 aromatic carbocycles. The molecule has 0 heterocycles. The van der Waals surface area contributed by atoms with E-state index in [2.05, 4.69) is 6.92 Å². The zero-order valence-electron chi connectivity index (χ0n) is 15.2. The number of hydrogen-bond donors (Lipinski definition) is 1. The van der Waals surface area contributed by atoms with Crippen molar-refractivity contribution >= 4 is 15.5 Å². The Balaban J connectivity index is 0.000000412. The topological polar surface area (TPSA) is 103 Å². The van der Waals surface area contributed by atoms with Gasteiger partial charge >= 0.3 is 0 Å². The van der Waals surface area contributed by atoms with Gasteiger partial charge in [0.15, 0.2) is 0 Å². The highest BCUT2D eigenvalue weighted by Gasteiger charge is 2.27. The summed E-state index contributed by atoms with van der Waals surface area (Å²) in [4.78, 5) is 10.1. The minimum Gasteiger partial charge on any atom is -0.330 e. The van der Waals surface area contributed by atoms with Gasteiger partial charge in [-0.05, 0) is 43.7 Å². The highest BCUT2D eigenvalue weighted by molar-refractivity contribution is 7.91. The van der Waals surface area contributed by atoms with E-state index in [9.17, 15) is 18.5 Å². The lowest BCUT2D eigenvalue weighted by molar-refractivity contribution is -0.387. The Morgan fingerprint density at radius 1 is 1.04 bits per heavy atom. The molecule has 0 aliphatic heterocycles. The van der Waals surface area contributed by atoms with Crippen LogP contribution in [0.1, 0.15) is 38.2 Å². The molecule has 0 atom stereocenters. The first-order valence-corrected chi connectivity index (χ1v) is 10.1.